The number of nitrogens with zero attached hydrogens (tertiary/aromatic N) is 3. The normalized spacial score (nSPS) is 10.7. The smallest absolute Gasteiger partial charge is 0.323 e. The lowest BCUT2D eigenvalue weighted by molar-refractivity contribution is -0.138. The summed E-state index contributed by atoms with van der Waals surface area (Å²) in [6.45, 7) is 5.02. The minimum atomic E-state index is -1.04. The van der Waals surface area contributed by atoms with Gasteiger partial charge in [0.2, 0.25) is 0 Å². The van der Waals surface area contributed by atoms with Crippen LogP contribution in [0.5, 0.6) is 0 Å². The Morgan fingerprint density at radius 1 is 1.27 bits per heavy atom. The first-order chi connectivity index (χ1) is 10.4. The van der Waals surface area contributed by atoms with Crippen molar-refractivity contribution in [3.8, 4) is 5.69 Å². The van der Waals surface area contributed by atoms with Gasteiger partial charge in [-0.1, -0.05) is 18.2 Å². The van der Waals surface area contributed by atoms with Crippen LogP contribution < -0.4 is 0 Å². The van der Waals surface area contributed by atoms with Gasteiger partial charge < -0.3 is 10.0 Å². The summed E-state index contributed by atoms with van der Waals surface area (Å²) in [6, 6.07) is 9.23. The Morgan fingerprint density at radius 2 is 1.91 bits per heavy atom. The average Bonchev–Trinajstić information content (AvgIpc) is 2.86. The monoisotopic (exact) mass is 301 g/mol. The van der Waals surface area contributed by atoms with Crippen LogP contribution in [0, 0.1) is 6.92 Å². The third-order valence-corrected chi connectivity index (χ3v) is 3.31. The van der Waals surface area contributed by atoms with Gasteiger partial charge in [-0.2, -0.15) is 5.10 Å². The molecular formula is C16H19N3O3. The topological polar surface area (TPSA) is 75.4 Å². The molecule has 0 radical (unpaired) electrons. The zero-order valence-corrected chi connectivity index (χ0v) is 12.9. The number of carboxylic acid groups (broad SMARTS) is 1. The second kappa shape index (κ2) is 6.43. The van der Waals surface area contributed by atoms with Crippen molar-refractivity contribution in [1.29, 1.82) is 0 Å². The first kappa shape index (κ1) is 15.8. The molecule has 0 aliphatic heterocycles. The van der Waals surface area contributed by atoms with Gasteiger partial charge in [-0.25, -0.2) is 4.68 Å². The van der Waals surface area contributed by atoms with E-state index in [0.717, 1.165) is 5.69 Å². The number of rotatable bonds is 5. The van der Waals surface area contributed by atoms with Crippen molar-refractivity contribution in [3.63, 3.8) is 0 Å². The van der Waals surface area contributed by atoms with Crippen molar-refractivity contribution < 1.29 is 14.7 Å². The van der Waals surface area contributed by atoms with E-state index in [9.17, 15) is 9.59 Å². The zero-order valence-electron chi connectivity index (χ0n) is 12.9. The maximum Gasteiger partial charge on any atom is 0.323 e. The Balaban J connectivity index is 2.34. The molecule has 0 unspecified atom stereocenters. The second-order valence-electron chi connectivity index (χ2n) is 5.36. The molecule has 0 bridgehead atoms. The van der Waals surface area contributed by atoms with Gasteiger partial charge in [-0.15, -0.1) is 0 Å². The molecule has 2 rings (SSSR count). The first-order valence-corrected chi connectivity index (χ1v) is 7.04. The van der Waals surface area contributed by atoms with Gasteiger partial charge in [0.15, 0.2) is 5.69 Å². The average molecular weight is 301 g/mol. The van der Waals surface area contributed by atoms with E-state index >= 15 is 0 Å². The van der Waals surface area contributed by atoms with Gasteiger partial charge in [0.1, 0.15) is 6.54 Å². The minimum absolute atomic E-state index is 0.218. The predicted octanol–water partition coefficient (Wildman–Crippen LogP) is 2.12. The number of aryl methyl sites for hydroxylation is 1. The number of aromatic nitrogens is 2. The number of carbonyl (C=O) groups excluding carboxylic acids is 1. The van der Waals surface area contributed by atoms with Crippen LogP contribution in [0.1, 0.15) is 29.9 Å². The fourth-order valence-electron chi connectivity index (χ4n) is 2.16. The summed E-state index contributed by atoms with van der Waals surface area (Å²) in [5.41, 5.74) is 1.84. The van der Waals surface area contributed by atoms with Crippen molar-refractivity contribution in [1.82, 2.24) is 14.7 Å². The van der Waals surface area contributed by atoms with E-state index < -0.39 is 5.97 Å². The third-order valence-electron chi connectivity index (χ3n) is 3.31. The van der Waals surface area contributed by atoms with Gasteiger partial charge in [0, 0.05) is 17.8 Å². The molecule has 116 valence electrons. The number of benzene rings is 1. The van der Waals surface area contributed by atoms with E-state index in [1.165, 1.54) is 4.90 Å². The molecule has 1 aromatic heterocycles. The van der Waals surface area contributed by atoms with Crippen LogP contribution in [0.25, 0.3) is 5.69 Å². The van der Waals surface area contributed by atoms with Crippen LogP contribution in [0.2, 0.25) is 0 Å². The molecule has 22 heavy (non-hydrogen) atoms. The van der Waals surface area contributed by atoms with E-state index in [2.05, 4.69) is 5.10 Å². The Bertz CT molecular complexity index is 677. The number of carbonyl (C=O) groups is 2. The molecule has 6 nitrogen and oxygen atoms in total. The zero-order chi connectivity index (χ0) is 16.3. The predicted molar refractivity (Wildman–Crippen MR) is 82.1 cm³/mol. The van der Waals surface area contributed by atoms with Gasteiger partial charge in [-0.05, 0) is 32.9 Å². The quantitative estimate of drug-likeness (QED) is 0.918. The highest BCUT2D eigenvalue weighted by Gasteiger charge is 2.25. The molecule has 0 aliphatic rings. The Morgan fingerprint density at radius 3 is 2.45 bits per heavy atom. The van der Waals surface area contributed by atoms with Gasteiger partial charge >= 0.3 is 5.97 Å². The molecule has 0 spiro atoms. The molecule has 0 fully saturated rings. The highest BCUT2D eigenvalue weighted by Crippen LogP contribution is 2.14. The standard InChI is InChI=1S/C16H19N3O3/c1-11(2)18(10-14(20)21)16(22)15-12(3)9-19(17-15)13-7-5-4-6-8-13/h4-9,11H,10H2,1-3H3,(H,20,21). The summed E-state index contributed by atoms with van der Waals surface area (Å²) >= 11 is 0. The van der Waals surface area contributed by atoms with Gasteiger partial charge in [0.25, 0.3) is 5.91 Å². The fourth-order valence-corrected chi connectivity index (χ4v) is 2.16. The Kier molecular flexibility index (Phi) is 4.60. The molecule has 1 amide bonds. The lowest BCUT2D eigenvalue weighted by atomic mass is 10.2. The van der Waals surface area contributed by atoms with Gasteiger partial charge in [-0.3, -0.25) is 9.59 Å². The van der Waals surface area contributed by atoms with Crippen LogP contribution in [-0.2, 0) is 4.79 Å². The number of carboxylic acids is 1. The van der Waals surface area contributed by atoms with E-state index in [1.807, 2.05) is 30.3 Å². The molecule has 0 atom stereocenters. The number of para-hydroxylation sites is 1. The van der Waals surface area contributed by atoms with Gasteiger partial charge in [0.05, 0.1) is 5.69 Å². The first-order valence-electron chi connectivity index (χ1n) is 7.04. The van der Waals surface area contributed by atoms with E-state index in [0.29, 0.717) is 5.56 Å². The van der Waals surface area contributed by atoms with Crippen molar-refractivity contribution in [2.45, 2.75) is 26.8 Å². The van der Waals surface area contributed by atoms with Crippen LogP contribution >= 0.6 is 0 Å². The summed E-state index contributed by atoms with van der Waals surface area (Å²) in [6.07, 6.45) is 1.77. The van der Waals surface area contributed by atoms with Crippen molar-refractivity contribution in [3.05, 3.63) is 47.8 Å². The van der Waals surface area contributed by atoms with E-state index in [1.54, 1.807) is 31.6 Å². The molecular weight excluding hydrogens is 282 g/mol. The lowest BCUT2D eigenvalue weighted by Crippen LogP contribution is -2.41. The molecule has 0 aliphatic carbocycles. The number of hydrogen-bond donors (Lipinski definition) is 1. The van der Waals surface area contributed by atoms with E-state index in [4.69, 9.17) is 5.11 Å². The summed E-state index contributed by atoms with van der Waals surface area (Å²) in [4.78, 5) is 24.8. The van der Waals surface area contributed by atoms with Crippen molar-refractivity contribution in [2.24, 2.45) is 0 Å². The Labute approximate surface area is 129 Å². The molecule has 1 aromatic carbocycles. The fraction of sp³-hybridized carbons (Fsp3) is 0.312. The van der Waals surface area contributed by atoms with Crippen molar-refractivity contribution >= 4 is 11.9 Å². The maximum absolute atomic E-state index is 12.6. The van der Waals surface area contributed by atoms with Crippen LogP contribution in [0.15, 0.2) is 36.5 Å². The summed E-state index contributed by atoms with van der Waals surface area (Å²) in [5.74, 6) is -1.41. The van der Waals surface area contributed by atoms with Crippen LogP contribution in [-0.4, -0.2) is 44.3 Å². The molecule has 0 saturated carbocycles. The third kappa shape index (κ3) is 3.33. The minimum Gasteiger partial charge on any atom is -0.480 e. The SMILES string of the molecule is Cc1cn(-c2ccccc2)nc1C(=O)N(CC(=O)O)C(C)C. The van der Waals surface area contributed by atoms with Crippen molar-refractivity contribution in [2.75, 3.05) is 6.54 Å². The second-order valence-corrected chi connectivity index (χ2v) is 5.36. The number of hydrogen-bond acceptors (Lipinski definition) is 3. The maximum atomic E-state index is 12.6. The summed E-state index contributed by atoms with van der Waals surface area (Å²) in [5, 5.41) is 13.3. The largest absolute Gasteiger partial charge is 0.480 e. The Hall–Kier alpha value is -2.63. The number of aliphatic carboxylic acids is 1. The van der Waals surface area contributed by atoms with Crippen LogP contribution in [0.4, 0.5) is 0 Å². The molecule has 1 N–H and O–H groups in total. The molecule has 2 aromatic rings. The summed E-state index contributed by atoms with van der Waals surface area (Å²) in [7, 11) is 0. The summed E-state index contributed by atoms with van der Waals surface area (Å²) < 4.78 is 1.63. The molecule has 6 heteroatoms. The lowest BCUT2D eigenvalue weighted by Gasteiger charge is -2.24. The van der Waals surface area contributed by atoms with Crippen LogP contribution in [0.3, 0.4) is 0 Å². The van der Waals surface area contributed by atoms with E-state index in [-0.39, 0.29) is 24.2 Å². The highest BCUT2D eigenvalue weighted by molar-refractivity contribution is 5.95. The number of amides is 1. The molecule has 1 heterocycles. The highest BCUT2D eigenvalue weighted by atomic mass is 16.4. The molecule has 0 saturated heterocycles.